The Labute approximate surface area is 98.4 Å². The van der Waals surface area contributed by atoms with Crippen molar-refractivity contribution in [2.24, 2.45) is 0 Å². The largest absolute Gasteiger partial charge is 0.466 e. The summed E-state index contributed by atoms with van der Waals surface area (Å²) in [5, 5.41) is 2.86. The number of carbonyl (C=O) groups excluding carboxylic acids is 1. The molecule has 84 valence electrons. The highest BCUT2D eigenvalue weighted by Crippen LogP contribution is 2.13. The van der Waals surface area contributed by atoms with E-state index in [1.54, 1.807) is 13.0 Å². The standard InChI is InChI=1S/C11H16BrNO2/c1-7(12)4-5-13-11(14)10-6-8(2)15-9(10)3/h6-7H,4-5H2,1-3H3,(H,13,14). The van der Waals surface area contributed by atoms with Gasteiger partial charge in [0.15, 0.2) is 0 Å². The van der Waals surface area contributed by atoms with Gasteiger partial charge in [0.25, 0.3) is 5.91 Å². The van der Waals surface area contributed by atoms with E-state index >= 15 is 0 Å². The number of hydrogen-bond donors (Lipinski definition) is 1. The molecule has 0 aliphatic rings. The first-order valence-electron chi connectivity index (χ1n) is 5.00. The first kappa shape index (κ1) is 12.3. The highest BCUT2D eigenvalue weighted by molar-refractivity contribution is 9.09. The van der Waals surface area contributed by atoms with Crippen LogP contribution in [0.4, 0.5) is 0 Å². The van der Waals surface area contributed by atoms with Gasteiger partial charge in [-0.2, -0.15) is 0 Å². The van der Waals surface area contributed by atoms with Crippen LogP contribution in [-0.2, 0) is 0 Å². The molecule has 1 rings (SSSR count). The summed E-state index contributed by atoms with van der Waals surface area (Å²) >= 11 is 3.43. The Hall–Kier alpha value is -0.770. The molecule has 0 bridgehead atoms. The van der Waals surface area contributed by atoms with E-state index in [0.29, 0.717) is 22.7 Å². The molecule has 15 heavy (non-hydrogen) atoms. The average Bonchev–Trinajstić information content (AvgIpc) is 2.44. The topological polar surface area (TPSA) is 42.2 Å². The van der Waals surface area contributed by atoms with Crippen molar-refractivity contribution in [3.63, 3.8) is 0 Å². The zero-order valence-corrected chi connectivity index (χ0v) is 10.8. The quantitative estimate of drug-likeness (QED) is 0.858. The zero-order valence-electron chi connectivity index (χ0n) is 9.26. The predicted molar refractivity (Wildman–Crippen MR) is 63.5 cm³/mol. The molecule has 0 aromatic carbocycles. The van der Waals surface area contributed by atoms with Crippen molar-refractivity contribution >= 4 is 21.8 Å². The average molecular weight is 274 g/mol. The van der Waals surface area contributed by atoms with Crippen molar-refractivity contribution < 1.29 is 9.21 Å². The Bertz CT molecular complexity index is 344. The molecule has 1 N–H and O–H groups in total. The Morgan fingerprint density at radius 1 is 1.60 bits per heavy atom. The van der Waals surface area contributed by atoms with Gasteiger partial charge in [-0.15, -0.1) is 0 Å². The van der Waals surface area contributed by atoms with Crippen LogP contribution in [-0.4, -0.2) is 17.3 Å². The molecule has 1 unspecified atom stereocenters. The molecule has 0 radical (unpaired) electrons. The van der Waals surface area contributed by atoms with E-state index in [4.69, 9.17) is 4.42 Å². The minimum Gasteiger partial charge on any atom is -0.466 e. The lowest BCUT2D eigenvalue weighted by Gasteiger charge is -2.05. The van der Waals surface area contributed by atoms with Crippen molar-refractivity contribution in [1.29, 1.82) is 0 Å². The second-order valence-corrected chi connectivity index (χ2v) is 5.22. The van der Waals surface area contributed by atoms with Gasteiger partial charge in [-0.3, -0.25) is 4.79 Å². The van der Waals surface area contributed by atoms with Crippen molar-refractivity contribution in [2.45, 2.75) is 32.0 Å². The van der Waals surface area contributed by atoms with E-state index in [1.807, 2.05) is 6.92 Å². The molecule has 4 heteroatoms. The molecule has 3 nitrogen and oxygen atoms in total. The van der Waals surface area contributed by atoms with Crippen LogP contribution in [0.1, 0.15) is 35.2 Å². The lowest BCUT2D eigenvalue weighted by molar-refractivity contribution is 0.0952. The fourth-order valence-corrected chi connectivity index (χ4v) is 1.56. The Morgan fingerprint density at radius 3 is 2.73 bits per heavy atom. The molecule has 0 aliphatic carbocycles. The number of carbonyl (C=O) groups is 1. The number of halogens is 1. The van der Waals surface area contributed by atoms with Crippen LogP contribution in [0.2, 0.25) is 0 Å². The first-order valence-corrected chi connectivity index (χ1v) is 5.91. The van der Waals surface area contributed by atoms with Gasteiger partial charge >= 0.3 is 0 Å². The van der Waals surface area contributed by atoms with E-state index < -0.39 is 0 Å². The third kappa shape index (κ3) is 3.70. The Kier molecular flexibility index (Phi) is 4.39. The second kappa shape index (κ2) is 5.35. The van der Waals surface area contributed by atoms with Crippen molar-refractivity contribution in [1.82, 2.24) is 5.32 Å². The SMILES string of the molecule is Cc1cc(C(=O)NCCC(C)Br)c(C)o1. The Balaban J connectivity index is 2.50. The number of alkyl halides is 1. The smallest absolute Gasteiger partial charge is 0.254 e. The number of hydrogen-bond acceptors (Lipinski definition) is 2. The predicted octanol–water partition coefficient (Wildman–Crippen LogP) is 2.80. The molecular formula is C11H16BrNO2. The maximum Gasteiger partial charge on any atom is 0.254 e. The van der Waals surface area contributed by atoms with E-state index in [9.17, 15) is 4.79 Å². The van der Waals surface area contributed by atoms with Crippen LogP contribution < -0.4 is 5.32 Å². The van der Waals surface area contributed by atoms with Crippen LogP contribution in [0.3, 0.4) is 0 Å². The van der Waals surface area contributed by atoms with Crippen LogP contribution in [0.15, 0.2) is 10.5 Å². The van der Waals surface area contributed by atoms with Gasteiger partial charge in [0.05, 0.1) is 5.56 Å². The van der Waals surface area contributed by atoms with Crippen LogP contribution in [0.5, 0.6) is 0 Å². The summed E-state index contributed by atoms with van der Waals surface area (Å²) in [4.78, 5) is 12.1. The van der Waals surface area contributed by atoms with Crippen LogP contribution in [0.25, 0.3) is 0 Å². The molecule has 1 aromatic heterocycles. The number of furan rings is 1. The third-order valence-electron chi connectivity index (χ3n) is 2.11. The minimum atomic E-state index is -0.0579. The molecule has 1 amide bonds. The molecule has 0 spiro atoms. The normalized spacial score (nSPS) is 12.5. The van der Waals surface area contributed by atoms with Gasteiger partial charge in [-0.05, 0) is 26.3 Å². The first-order chi connectivity index (χ1) is 7.00. The molecule has 1 heterocycles. The van der Waals surface area contributed by atoms with Crippen molar-refractivity contribution in [3.05, 3.63) is 23.2 Å². The van der Waals surface area contributed by atoms with E-state index in [0.717, 1.165) is 12.2 Å². The van der Waals surface area contributed by atoms with Gasteiger partial charge in [0.2, 0.25) is 0 Å². The van der Waals surface area contributed by atoms with Crippen LogP contribution in [0, 0.1) is 13.8 Å². The van der Waals surface area contributed by atoms with Gasteiger partial charge in [0.1, 0.15) is 11.5 Å². The highest BCUT2D eigenvalue weighted by Gasteiger charge is 2.12. The summed E-state index contributed by atoms with van der Waals surface area (Å²) in [5.74, 6) is 1.39. The van der Waals surface area contributed by atoms with E-state index in [-0.39, 0.29) is 5.91 Å². The fourth-order valence-electron chi connectivity index (χ4n) is 1.34. The Morgan fingerprint density at radius 2 is 2.27 bits per heavy atom. The van der Waals surface area contributed by atoms with Crippen molar-refractivity contribution in [2.75, 3.05) is 6.54 Å². The van der Waals surface area contributed by atoms with Gasteiger partial charge in [-0.1, -0.05) is 22.9 Å². The van der Waals surface area contributed by atoms with Gasteiger partial charge in [0, 0.05) is 11.4 Å². The number of aryl methyl sites for hydroxylation is 2. The highest BCUT2D eigenvalue weighted by atomic mass is 79.9. The van der Waals surface area contributed by atoms with Gasteiger partial charge in [-0.25, -0.2) is 0 Å². The zero-order chi connectivity index (χ0) is 11.4. The summed E-state index contributed by atoms with van der Waals surface area (Å²) in [6.07, 6.45) is 0.918. The molecule has 1 atom stereocenters. The summed E-state index contributed by atoms with van der Waals surface area (Å²) in [7, 11) is 0. The lowest BCUT2D eigenvalue weighted by Crippen LogP contribution is -2.25. The molecule has 0 fully saturated rings. The summed E-state index contributed by atoms with van der Waals surface area (Å²) in [6.45, 7) is 6.37. The second-order valence-electron chi connectivity index (χ2n) is 3.65. The summed E-state index contributed by atoms with van der Waals surface area (Å²) < 4.78 is 5.29. The van der Waals surface area contributed by atoms with Gasteiger partial charge < -0.3 is 9.73 Å². The monoisotopic (exact) mass is 273 g/mol. The molecular weight excluding hydrogens is 258 g/mol. The van der Waals surface area contributed by atoms with E-state index in [1.165, 1.54) is 0 Å². The maximum absolute atomic E-state index is 11.7. The third-order valence-corrected chi connectivity index (χ3v) is 2.57. The van der Waals surface area contributed by atoms with Crippen LogP contribution >= 0.6 is 15.9 Å². The lowest BCUT2D eigenvalue weighted by atomic mass is 10.2. The molecule has 0 aliphatic heterocycles. The fraction of sp³-hybridized carbons (Fsp3) is 0.545. The van der Waals surface area contributed by atoms with Crippen molar-refractivity contribution in [3.8, 4) is 0 Å². The van der Waals surface area contributed by atoms with E-state index in [2.05, 4.69) is 28.2 Å². The molecule has 0 saturated heterocycles. The molecule has 1 aromatic rings. The summed E-state index contributed by atoms with van der Waals surface area (Å²) in [5.41, 5.74) is 0.634. The minimum absolute atomic E-state index is 0.0579. The number of rotatable bonds is 4. The summed E-state index contributed by atoms with van der Waals surface area (Å²) in [6, 6.07) is 1.77. The number of nitrogens with one attached hydrogen (secondary N) is 1. The number of amides is 1. The molecule has 0 saturated carbocycles. The maximum atomic E-state index is 11.7.